The van der Waals surface area contributed by atoms with Crippen molar-refractivity contribution in [2.75, 3.05) is 7.11 Å². The molecule has 0 bridgehead atoms. The summed E-state index contributed by atoms with van der Waals surface area (Å²) >= 11 is 0. The van der Waals surface area contributed by atoms with Crippen molar-refractivity contribution in [2.24, 2.45) is 0 Å². The second-order valence-corrected chi connectivity index (χ2v) is 7.84. The van der Waals surface area contributed by atoms with Crippen LogP contribution >= 0.6 is 0 Å². The van der Waals surface area contributed by atoms with Crippen molar-refractivity contribution in [1.82, 2.24) is 9.55 Å². The number of carbonyl (C=O) groups is 2. The lowest BCUT2D eigenvalue weighted by molar-refractivity contribution is 0.0602. The standard InChI is InChI=1S/C27H26N2O3/c1-4-5-10-24-28-25-18(2)11-16-23(27(31)32-3)26(25)29(24)21-14-12-19(13-15-21)22-9-7-6-8-20(22)17-30/h6-9,11-17H,4-5,10H2,1-3H3. The number of hydrogen-bond donors (Lipinski definition) is 0. The Labute approximate surface area is 187 Å². The van der Waals surface area contributed by atoms with Crippen LogP contribution in [0, 0.1) is 6.92 Å². The van der Waals surface area contributed by atoms with Crippen molar-refractivity contribution in [2.45, 2.75) is 33.1 Å². The molecule has 1 heterocycles. The zero-order chi connectivity index (χ0) is 22.7. The van der Waals surface area contributed by atoms with Crippen LogP contribution in [0.2, 0.25) is 0 Å². The molecule has 0 N–H and O–H groups in total. The summed E-state index contributed by atoms with van der Waals surface area (Å²) in [6.07, 6.45) is 3.73. The number of aromatic nitrogens is 2. The Kier molecular flexibility index (Phi) is 6.17. The number of hydrogen-bond acceptors (Lipinski definition) is 4. The number of methoxy groups -OCH3 is 1. The fourth-order valence-electron chi connectivity index (χ4n) is 4.06. The Hall–Kier alpha value is -3.73. The molecule has 4 aromatic rings. The fourth-order valence-corrected chi connectivity index (χ4v) is 4.06. The zero-order valence-electron chi connectivity index (χ0n) is 18.6. The van der Waals surface area contributed by atoms with Crippen LogP contribution < -0.4 is 0 Å². The molecular formula is C27H26N2O3. The zero-order valence-corrected chi connectivity index (χ0v) is 18.6. The van der Waals surface area contributed by atoms with Gasteiger partial charge in [0.15, 0.2) is 6.29 Å². The summed E-state index contributed by atoms with van der Waals surface area (Å²) in [7, 11) is 1.39. The highest BCUT2D eigenvalue weighted by molar-refractivity contribution is 6.03. The number of carbonyl (C=O) groups excluding carboxylic acids is 2. The van der Waals surface area contributed by atoms with Crippen LogP contribution in [0.5, 0.6) is 0 Å². The van der Waals surface area contributed by atoms with Crippen LogP contribution in [0.1, 0.15) is 51.9 Å². The molecule has 0 radical (unpaired) electrons. The summed E-state index contributed by atoms with van der Waals surface area (Å²) in [5.41, 5.74) is 6.52. The molecule has 0 atom stereocenters. The Morgan fingerprint density at radius 2 is 1.81 bits per heavy atom. The first-order valence-corrected chi connectivity index (χ1v) is 10.8. The number of aldehydes is 1. The lowest BCUT2D eigenvalue weighted by Gasteiger charge is -2.13. The summed E-state index contributed by atoms with van der Waals surface area (Å²) in [6.45, 7) is 4.15. The maximum absolute atomic E-state index is 12.6. The molecular weight excluding hydrogens is 400 g/mol. The Bertz CT molecular complexity index is 1290. The number of aryl methyl sites for hydroxylation is 2. The van der Waals surface area contributed by atoms with Crippen molar-refractivity contribution in [3.63, 3.8) is 0 Å². The van der Waals surface area contributed by atoms with Crippen LogP contribution in [-0.4, -0.2) is 28.9 Å². The van der Waals surface area contributed by atoms with E-state index >= 15 is 0 Å². The van der Waals surface area contributed by atoms with Gasteiger partial charge in [-0.25, -0.2) is 9.78 Å². The third-order valence-corrected chi connectivity index (χ3v) is 5.76. The van der Waals surface area contributed by atoms with Crippen LogP contribution in [0.3, 0.4) is 0 Å². The number of rotatable bonds is 7. The molecule has 162 valence electrons. The van der Waals surface area contributed by atoms with Gasteiger partial charge in [0.25, 0.3) is 0 Å². The van der Waals surface area contributed by atoms with Crippen LogP contribution in [-0.2, 0) is 11.2 Å². The lowest BCUT2D eigenvalue weighted by Crippen LogP contribution is -2.07. The number of benzene rings is 3. The van der Waals surface area contributed by atoms with Crippen molar-refractivity contribution < 1.29 is 14.3 Å². The monoisotopic (exact) mass is 426 g/mol. The molecule has 5 nitrogen and oxygen atoms in total. The first kappa shape index (κ1) is 21.5. The molecule has 0 aliphatic heterocycles. The molecule has 0 aliphatic rings. The Morgan fingerprint density at radius 1 is 1.06 bits per heavy atom. The summed E-state index contributed by atoms with van der Waals surface area (Å²) < 4.78 is 7.12. The minimum absolute atomic E-state index is 0.380. The first-order chi connectivity index (χ1) is 15.6. The van der Waals surface area contributed by atoms with Crippen LogP contribution in [0.25, 0.3) is 27.8 Å². The van der Waals surface area contributed by atoms with Gasteiger partial charge in [-0.2, -0.15) is 0 Å². The maximum Gasteiger partial charge on any atom is 0.340 e. The van der Waals surface area contributed by atoms with Gasteiger partial charge in [-0.3, -0.25) is 9.36 Å². The first-order valence-electron chi connectivity index (χ1n) is 10.8. The lowest BCUT2D eigenvalue weighted by atomic mass is 10.00. The number of nitrogens with zero attached hydrogens (tertiary/aromatic N) is 2. The second-order valence-electron chi connectivity index (χ2n) is 7.84. The molecule has 0 spiro atoms. The normalized spacial score (nSPS) is 11.0. The second kappa shape index (κ2) is 9.18. The van der Waals surface area contributed by atoms with Gasteiger partial charge in [0.2, 0.25) is 0 Å². The number of imidazole rings is 1. The fraction of sp³-hybridized carbons (Fsp3) is 0.222. The van der Waals surface area contributed by atoms with Crippen molar-refractivity contribution in [1.29, 1.82) is 0 Å². The highest BCUT2D eigenvalue weighted by atomic mass is 16.5. The van der Waals surface area contributed by atoms with Crippen molar-refractivity contribution >= 4 is 23.3 Å². The molecule has 4 rings (SSSR count). The molecule has 0 unspecified atom stereocenters. The van der Waals surface area contributed by atoms with E-state index in [0.717, 1.165) is 64.8 Å². The van der Waals surface area contributed by atoms with E-state index < -0.39 is 0 Å². The number of ether oxygens (including phenoxy) is 1. The number of esters is 1. The molecule has 32 heavy (non-hydrogen) atoms. The summed E-state index contributed by atoms with van der Waals surface area (Å²) in [4.78, 5) is 28.9. The molecule has 0 aliphatic carbocycles. The Morgan fingerprint density at radius 3 is 2.50 bits per heavy atom. The third-order valence-electron chi connectivity index (χ3n) is 5.76. The molecule has 0 saturated carbocycles. The highest BCUT2D eigenvalue weighted by Gasteiger charge is 2.21. The quantitative estimate of drug-likeness (QED) is 0.271. The van der Waals surface area contributed by atoms with Gasteiger partial charge in [-0.05, 0) is 48.2 Å². The van der Waals surface area contributed by atoms with E-state index in [1.807, 2.05) is 61.5 Å². The predicted molar refractivity (Wildman–Crippen MR) is 127 cm³/mol. The van der Waals surface area contributed by atoms with Crippen molar-refractivity contribution in [3.05, 3.63) is 83.2 Å². The van der Waals surface area contributed by atoms with E-state index in [2.05, 4.69) is 11.5 Å². The largest absolute Gasteiger partial charge is 0.465 e. The van der Waals surface area contributed by atoms with Gasteiger partial charge < -0.3 is 4.74 Å². The average Bonchev–Trinajstić information content (AvgIpc) is 3.22. The van der Waals surface area contributed by atoms with Gasteiger partial charge in [0.1, 0.15) is 5.82 Å². The molecule has 3 aromatic carbocycles. The SMILES string of the molecule is CCCCc1nc2c(C)ccc(C(=O)OC)c2n1-c1ccc(-c2ccccc2C=O)cc1. The molecule has 0 saturated heterocycles. The minimum Gasteiger partial charge on any atom is -0.465 e. The number of fused-ring (bicyclic) bond motifs is 1. The third kappa shape index (κ3) is 3.82. The van der Waals surface area contributed by atoms with Gasteiger partial charge in [-0.1, -0.05) is 55.8 Å². The van der Waals surface area contributed by atoms with E-state index in [1.165, 1.54) is 7.11 Å². The van der Waals surface area contributed by atoms with E-state index in [1.54, 1.807) is 6.07 Å². The van der Waals surface area contributed by atoms with Gasteiger partial charge in [-0.15, -0.1) is 0 Å². The minimum atomic E-state index is -0.380. The maximum atomic E-state index is 12.6. The van der Waals surface area contributed by atoms with Crippen molar-refractivity contribution in [3.8, 4) is 16.8 Å². The van der Waals surface area contributed by atoms with E-state index in [4.69, 9.17) is 9.72 Å². The van der Waals surface area contributed by atoms with E-state index in [9.17, 15) is 9.59 Å². The van der Waals surface area contributed by atoms with Gasteiger partial charge in [0.05, 0.1) is 23.7 Å². The molecule has 1 aromatic heterocycles. The molecule has 0 fully saturated rings. The Balaban J connectivity index is 1.91. The highest BCUT2D eigenvalue weighted by Crippen LogP contribution is 2.30. The summed E-state index contributed by atoms with van der Waals surface area (Å²) in [5.74, 6) is 0.539. The van der Waals surface area contributed by atoms with Crippen LogP contribution in [0.15, 0.2) is 60.7 Å². The predicted octanol–water partition coefficient (Wildman–Crippen LogP) is 5.94. The van der Waals surface area contributed by atoms with Gasteiger partial charge >= 0.3 is 5.97 Å². The smallest absolute Gasteiger partial charge is 0.340 e. The van der Waals surface area contributed by atoms with Gasteiger partial charge in [0, 0.05) is 17.7 Å². The van der Waals surface area contributed by atoms with Crippen LogP contribution in [0.4, 0.5) is 0 Å². The summed E-state index contributed by atoms with van der Waals surface area (Å²) in [6, 6.07) is 19.3. The topological polar surface area (TPSA) is 61.2 Å². The number of unbranched alkanes of at least 4 members (excludes halogenated alkanes) is 1. The molecule has 0 amide bonds. The molecule has 5 heteroatoms. The summed E-state index contributed by atoms with van der Waals surface area (Å²) in [5, 5.41) is 0. The average molecular weight is 427 g/mol. The van der Waals surface area contributed by atoms with E-state index in [0.29, 0.717) is 11.1 Å². The van der Waals surface area contributed by atoms with E-state index in [-0.39, 0.29) is 5.97 Å².